The van der Waals surface area contributed by atoms with Gasteiger partial charge in [0.2, 0.25) is 0 Å². The van der Waals surface area contributed by atoms with E-state index < -0.39 is 20.8 Å². The number of carbonyl (C=O) groups excluding carboxylic acids is 1. The molecule has 3 aromatic carbocycles. The third kappa shape index (κ3) is 7.08. The molecule has 1 aliphatic heterocycles. The summed E-state index contributed by atoms with van der Waals surface area (Å²) in [5.41, 5.74) is 6.05. The Hall–Kier alpha value is -3.43. The summed E-state index contributed by atoms with van der Waals surface area (Å²) >= 11 is 0. The minimum absolute atomic E-state index is 0.111. The monoisotopic (exact) mass is 539 g/mol. The van der Waals surface area contributed by atoms with Crippen molar-refractivity contribution in [2.45, 2.75) is 26.9 Å². The molecule has 1 unspecified atom stereocenters. The molecule has 0 aromatic heterocycles. The van der Waals surface area contributed by atoms with Crippen molar-refractivity contribution in [3.63, 3.8) is 0 Å². The lowest BCUT2D eigenvalue weighted by Gasteiger charge is -2.15. The van der Waals surface area contributed by atoms with E-state index >= 15 is 0 Å². The molecule has 1 N–H and O–H groups in total. The number of amides is 1. The van der Waals surface area contributed by atoms with E-state index in [1.165, 1.54) is 12.3 Å². The summed E-state index contributed by atoms with van der Waals surface area (Å²) in [6.07, 6.45) is 3.03. The number of hydrogen-bond donors (Lipinski definition) is 1. The number of sulfone groups is 1. The molecule has 7 nitrogen and oxygen atoms in total. The van der Waals surface area contributed by atoms with Crippen molar-refractivity contribution in [1.82, 2.24) is 4.72 Å². The van der Waals surface area contributed by atoms with Gasteiger partial charge in [0, 0.05) is 12.3 Å². The fourth-order valence-corrected chi connectivity index (χ4v) is 5.77. The first-order valence-corrected chi connectivity index (χ1v) is 15.0. The Morgan fingerprint density at radius 2 is 1.59 bits per heavy atom. The standard InChI is InChI=1S/C28H29NO6S2/c1-19-14-25(34-12-5-13-37(3,32)33)15-20(2)28(19)23-7-4-6-21(16-23)18-35-24-10-8-22(9-11-24)26-17-27(30)29-36(26)31/h4,6-11,14-17H,5,12-13,18H2,1-3H3,(H,29,30). The molecule has 1 atom stereocenters. The fraction of sp³-hybridized carbons (Fsp3) is 0.250. The largest absolute Gasteiger partial charge is 0.494 e. The van der Waals surface area contributed by atoms with Gasteiger partial charge in [0.05, 0.1) is 17.3 Å². The average molecular weight is 540 g/mol. The van der Waals surface area contributed by atoms with Crippen molar-refractivity contribution in [1.29, 1.82) is 0 Å². The third-order valence-electron chi connectivity index (χ3n) is 5.85. The first-order valence-electron chi connectivity index (χ1n) is 11.8. The Labute approximate surface area is 220 Å². The van der Waals surface area contributed by atoms with Crippen molar-refractivity contribution < 1.29 is 26.9 Å². The number of hydrogen-bond acceptors (Lipinski definition) is 6. The van der Waals surface area contributed by atoms with Gasteiger partial charge in [0.15, 0.2) is 11.0 Å². The lowest BCUT2D eigenvalue weighted by atomic mass is 9.94. The van der Waals surface area contributed by atoms with E-state index in [9.17, 15) is 17.4 Å². The molecular weight excluding hydrogens is 510 g/mol. The number of rotatable bonds is 10. The van der Waals surface area contributed by atoms with Crippen molar-refractivity contribution in [2.75, 3.05) is 18.6 Å². The maximum Gasteiger partial charge on any atom is 0.257 e. The van der Waals surface area contributed by atoms with E-state index in [1.54, 1.807) is 24.3 Å². The van der Waals surface area contributed by atoms with Gasteiger partial charge in [-0.25, -0.2) is 12.6 Å². The van der Waals surface area contributed by atoms with Gasteiger partial charge in [-0.1, -0.05) is 30.3 Å². The summed E-state index contributed by atoms with van der Waals surface area (Å²) in [7, 11) is -4.51. The average Bonchev–Trinajstić information content (AvgIpc) is 3.18. The van der Waals surface area contributed by atoms with Crippen molar-refractivity contribution in [3.05, 3.63) is 89.0 Å². The molecule has 0 saturated carbocycles. The van der Waals surface area contributed by atoms with Crippen LogP contribution >= 0.6 is 0 Å². The second kappa shape index (κ2) is 11.3. The lowest BCUT2D eigenvalue weighted by Crippen LogP contribution is -2.16. The molecule has 0 saturated heterocycles. The summed E-state index contributed by atoms with van der Waals surface area (Å²) in [6, 6.07) is 19.3. The smallest absolute Gasteiger partial charge is 0.257 e. The molecule has 0 radical (unpaired) electrons. The van der Waals surface area contributed by atoms with Crippen LogP contribution in [0.25, 0.3) is 16.0 Å². The topological polar surface area (TPSA) is 98.8 Å². The summed E-state index contributed by atoms with van der Waals surface area (Å²) < 4.78 is 48.7. The van der Waals surface area contributed by atoms with E-state index in [4.69, 9.17) is 9.47 Å². The Balaban J connectivity index is 1.41. The van der Waals surface area contributed by atoms with Crippen molar-refractivity contribution in [2.24, 2.45) is 0 Å². The SMILES string of the molecule is Cc1cc(OCCCS(C)(=O)=O)cc(C)c1-c1cccc(COc2ccc(C3=CC(=O)NS3=O)cc2)c1. The first-order chi connectivity index (χ1) is 17.6. The molecule has 0 aliphatic carbocycles. The predicted octanol–water partition coefficient (Wildman–Crippen LogP) is 4.50. The highest BCUT2D eigenvalue weighted by Crippen LogP contribution is 2.32. The van der Waals surface area contributed by atoms with E-state index in [1.807, 2.05) is 38.1 Å². The second-order valence-corrected chi connectivity index (χ2v) is 12.5. The normalized spacial score (nSPS) is 15.3. The Morgan fingerprint density at radius 1 is 0.892 bits per heavy atom. The van der Waals surface area contributed by atoms with Gasteiger partial charge >= 0.3 is 0 Å². The van der Waals surface area contributed by atoms with Crippen LogP contribution in [0.2, 0.25) is 0 Å². The first kappa shape index (κ1) is 26.6. The summed E-state index contributed by atoms with van der Waals surface area (Å²) in [5, 5.41) is 0. The number of aryl methyl sites for hydroxylation is 2. The zero-order valence-electron chi connectivity index (χ0n) is 20.9. The van der Waals surface area contributed by atoms with Crippen LogP contribution in [-0.4, -0.2) is 37.1 Å². The third-order valence-corrected chi connectivity index (χ3v) is 8.02. The van der Waals surface area contributed by atoms with Crippen LogP contribution in [0.3, 0.4) is 0 Å². The molecule has 0 fully saturated rings. The Kier molecular flexibility index (Phi) is 8.14. The highest BCUT2D eigenvalue weighted by atomic mass is 32.2. The van der Waals surface area contributed by atoms with Crippen LogP contribution in [0.15, 0.2) is 66.7 Å². The number of ether oxygens (including phenoxy) is 2. The van der Waals surface area contributed by atoms with Crippen LogP contribution in [0.4, 0.5) is 0 Å². The van der Waals surface area contributed by atoms with Crippen LogP contribution in [0.5, 0.6) is 11.5 Å². The zero-order chi connectivity index (χ0) is 26.6. The van der Waals surface area contributed by atoms with E-state index in [0.29, 0.717) is 35.9 Å². The quantitative estimate of drug-likeness (QED) is 0.381. The highest BCUT2D eigenvalue weighted by Gasteiger charge is 2.20. The van der Waals surface area contributed by atoms with Crippen LogP contribution in [0.1, 0.15) is 28.7 Å². The lowest BCUT2D eigenvalue weighted by molar-refractivity contribution is -0.114. The maximum atomic E-state index is 11.9. The van der Waals surface area contributed by atoms with Gasteiger partial charge in [0.1, 0.15) is 27.9 Å². The molecule has 1 amide bonds. The van der Waals surface area contributed by atoms with E-state index in [-0.39, 0.29) is 11.7 Å². The van der Waals surface area contributed by atoms with E-state index in [2.05, 4.69) is 16.9 Å². The minimum Gasteiger partial charge on any atom is -0.494 e. The number of benzene rings is 3. The summed E-state index contributed by atoms with van der Waals surface area (Å²) in [5.74, 6) is 1.15. The van der Waals surface area contributed by atoms with E-state index in [0.717, 1.165) is 33.6 Å². The second-order valence-electron chi connectivity index (χ2n) is 9.02. The van der Waals surface area contributed by atoms with Crippen molar-refractivity contribution >= 4 is 31.6 Å². The molecule has 0 bridgehead atoms. The highest BCUT2D eigenvalue weighted by molar-refractivity contribution is 7.94. The van der Waals surface area contributed by atoms with Crippen molar-refractivity contribution in [3.8, 4) is 22.6 Å². The van der Waals surface area contributed by atoms with Gasteiger partial charge in [-0.3, -0.25) is 9.52 Å². The zero-order valence-corrected chi connectivity index (χ0v) is 22.6. The predicted molar refractivity (Wildman–Crippen MR) is 146 cm³/mol. The van der Waals surface area contributed by atoms with Crippen LogP contribution in [0, 0.1) is 13.8 Å². The molecule has 9 heteroatoms. The summed E-state index contributed by atoms with van der Waals surface area (Å²) in [4.78, 5) is 11.9. The molecule has 194 valence electrons. The minimum atomic E-state index is -2.99. The van der Waals surface area contributed by atoms with Crippen LogP contribution < -0.4 is 14.2 Å². The number of nitrogens with one attached hydrogen (secondary N) is 1. The molecule has 1 aliphatic rings. The Morgan fingerprint density at radius 3 is 2.22 bits per heavy atom. The summed E-state index contributed by atoms with van der Waals surface area (Å²) in [6.45, 7) is 4.80. The maximum absolute atomic E-state index is 11.9. The molecule has 0 spiro atoms. The molecule has 3 aromatic rings. The molecule has 4 rings (SSSR count). The number of carbonyl (C=O) groups is 1. The van der Waals surface area contributed by atoms with Crippen LogP contribution in [-0.2, 0) is 32.2 Å². The molecule has 37 heavy (non-hydrogen) atoms. The van der Waals surface area contributed by atoms with Gasteiger partial charge in [0.25, 0.3) is 5.91 Å². The van der Waals surface area contributed by atoms with Gasteiger partial charge in [-0.05, 0) is 84.0 Å². The van der Waals surface area contributed by atoms with Gasteiger partial charge < -0.3 is 9.47 Å². The van der Waals surface area contributed by atoms with Gasteiger partial charge in [-0.15, -0.1) is 0 Å². The molecular formula is C28H29NO6S2. The van der Waals surface area contributed by atoms with Gasteiger partial charge in [-0.2, -0.15) is 0 Å². The fourth-order valence-electron chi connectivity index (χ4n) is 4.21. The Bertz CT molecular complexity index is 1450. The molecule has 1 heterocycles.